The average molecular weight is 340 g/mol. The van der Waals surface area contributed by atoms with Crippen LogP contribution in [0.1, 0.15) is 24.0 Å². The zero-order valence-corrected chi connectivity index (χ0v) is 14.3. The minimum absolute atomic E-state index is 0.140. The summed E-state index contributed by atoms with van der Waals surface area (Å²) in [5.74, 6) is 1.24. The third-order valence-electron chi connectivity index (χ3n) is 4.61. The number of hydrogen-bond acceptors (Lipinski definition) is 4. The van der Waals surface area contributed by atoms with Crippen molar-refractivity contribution in [3.8, 4) is 5.75 Å². The summed E-state index contributed by atoms with van der Waals surface area (Å²) in [7, 11) is 0. The summed E-state index contributed by atoms with van der Waals surface area (Å²) in [6.45, 7) is 2.15. The molecule has 1 aromatic carbocycles. The number of ether oxygens (including phenoxy) is 1. The van der Waals surface area contributed by atoms with Crippen molar-refractivity contribution in [2.24, 2.45) is 5.92 Å². The number of amides is 1. The first-order valence-corrected chi connectivity index (χ1v) is 8.74. The molecule has 1 N–H and O–H groups in total. The number of hydrogen-bond donors (Lipinski definition) is 1. The minimum atomic E-state index is 0.140. The van der Waals surface area contributed by atoms with Gasteiger partial charge in [-0.1, -0.05) is 18.2 Å². The van der Waals surface area contributed by atoms with Gasteiger partial charge in [-0.3, -0.25) is 9.78 Å². The molecule has 5 nitrogen and oxygen atoms in total. The summed E-state index contributed by atoms with van der Waals surface area (Å²) in [5.41, 5.74) is 1.97. The largest absolute Gasteiger partial charge is 0.489 e. The summed E-state index contributed by atoms with van der Waals surface area (Å²) in [4.78, 5) is 18.4. The molecule has 3 rings (SSSR count). The lowest BCUT2D eigenvalue weighted by molar-refractivity contribution is -0.132. The second kappa shape index (κ2) is 8.62. The van der Waals surface area contributed by atoms with Crippen LogP contribution in [0.4, 0.5) is 0 Å². The number of aliphatic hydroxyl groups is 1. The fourth-order valence-corrected chi connectivity index (χ4v) is 3.05. The Bertz CT molecular complexity index is 682. The van der Waals surface area contributed by atoms with Gasteiger partial charge in [0.05, 0.1) is 6.42 Å². The first-order chi connectivity index (χ1) is 12.2. The molecule has 2 aromatic rings. The lowest BCUT2D eigenvalue weighted by Gasteiger charge is -2.31. The van der Waals surface area contributed by atoms with Crippen LogP contribution in [-0.4, -0.2) is 40.6 Å². The number of rotatable bonds is 6. The molecule has 1 aliphatic heterocycles. The molecule has 1 aliphatic rings. The Morgan fingerprint density at radius 3 is 2.72 bits per heavy atom. The molecule has 0 saturated carbocycles. The van der Waals surface area contributed by atoms with Crippen LogP contribution in [0, 0.1) is 5.92 Å². The zero-order chi connectivity index (χ0) is 17.5. The van der Waals surface area contributed by atoms with Crippen molar-refractivity contribution < 1.29 is 14.6 Å². The van der Waals surface area contributed by atoms with E-state index in [1.54, 1.807) is 12.4 Å². The van der Waals surface area contributed by atoms with Crippen molar-refractivity contribution >= 4 is 5.91 Å². The number of carbonyl (C=O) groups excluding carboxylic acids is 1. The Morgan fingerprint density at radius 1 is 1.20 bits per heavy atom. The SMILES string of the molecule is O=C(Cc1cccc(OCc2cccnc2)c1)N1CCC(CO)CC1. The Labute approximate surface area is 148 Å². The Hall–Kier alpha value is -2.40. The van der Waals surface area contributed by atoms with Crippen LogP contribution in [0.15, 0.2) is 48.8 Å². The highest BCUT2D eigenvalue weighted by Gasteiger charge is 2.22. The van der Waals surface area contributed by atoms with Gasteiger partial charge in [0.15, 0.2) is 0 Å². The average Bonchev–Trinajstić information content (AvgIpc) is 2.67. The molecule has 0 radical (unpaired) electrons. The van der Waals surface area contributed by atoms with Gasteiger partial charge in [0.25, 0.3) is 0 Å². The maximum absolute atomic E-state index is 12.5. The number of benzene rings is 1. The molecule has 0 bridgehead atoms. The van der Waals surface area contributed by atoms with Gasteiger partial charge in [0.2, 0.25) is 5.91 Å². The van der Waals surface area contributed by atoms with Gasteiger partial charge in [-0.05, 0) is 42.5 Å². The summed E-state index contributed by atoms with van der Waals surface area (Å²) < 4.78 is 5.80. The molecule has 5 heteroatoms. The van der Waals surface area contributed by atoms with E-state index in [9.17, 15) is 9.90 Å². The summed E-state index contributed by atoms with van der Waals surface area (Å²) in [5, 5.41) is 9.19. The summed E-state index contributed by atoms with van der Waals surface area (Å²) in [6.07, 6.45) is 5.67. The van der Waals surface area contributed by atoms with Crippen molar-refractivity contribution in [3.05, 3.63) is 59.9 Å². The lowest BCUT2D eigenvalue weighted by Crippen LogP contribution is -2.40. The first kappa shape index (κ1) is 17.4. The smallest absolute Gasteiger partial charge is 0.226 e. The number of nitrogens with zero attached hydrogens (tertiary/aromatic N) is 2. The Morgan fingerprint density at radius 2 is 2.00 bits per heavy atom. The van der Waals surface area contributed by atoms with Crippen molar-refractivity contribution in [3.63, 3.8) is 0 Å². The normalized spacial score (nSPS) is 15.2. The van der Waals surface area contributed by atoms with Gasteiger partial charge in [-0.25, -0.2) is 0 Å². The second-order valence-electron chi connectivity index (χ2n) is 6.48. The molecule has 0 spiro atoms. The highest BCUT2D eigenvalue weighted by atomic mass is 16.5. The van der Waals surface area contributed by atoms with E-state index in [1.165, 1.54) is 0 Å². The number of aliphatic hydroxyl groups excluding tert-OH is 1. The van der Waals surface area contributed by atoms with E-state index in [2.05, 4.69) is 4.98 Å². The van der Waals surface area contributed by atoms with E-state index in [0.717, 1.165) is 42.8 Å². The van der Waals surface area contributed by atoms with Gasteiger partial charge in [-0.15, -0.1) is 0 Å². The predicted octanol–water partition coefficient (Wildman–Crippen LogP) is 2.43. The van der Waals surface area contributed by atoms with Crippen molar-refractivity contribution in [2.45, 2.75) is 25.9 Å². The van der Waals surface area contributed by atoms with Crippen LogP contribution in [0.5, 0.6) is 5.75 Å². The van der Waals surface area contributed by atoms with E-state index >= 15 is 0 Å². The highest BCUT2D eigenvalue weighted by molar-refractivity contribution is 5.79. The van der Waals surface area contributed by atoms with Crippen molar-refractivity contribution in [1.29, 1.82) is 0 Å². The van der Waals surface area contributed by atoms with Gasteiger partial charge in [-0.2, -0.15) is 0 Å². The number of piperidine rings is 1. The van der Waals surface area contributed by atoms with Gasteiger partial charge < -0.3 is 14.7 Å². The topological polar surface area (TPSA) is 62.7 Å². The van der Waals surface area contributed by atoms with E-state index in [-0.39, 0.29) is 12.5 Å². The Balaban J connectivity index is 1.53. The van der Waals surface area contributed by atoms with E-state index in [4.69, 9.17) is 4.74 Å². The second-order valence-corrected chi connectivity index (χ2v) is 6.48. The molecule has 132 valence electrons. The third kappa shape index (κ3) is 5.03. The van der Waals surface area contributed by atoms with Crippen LogP contribution in [0.25, 0.3) is 0 Å². The Kier molecular flexibility index (Phi) is 6.01. The number of likely N-dealkylation sites (tertiary alicyclic amines) is 1. The number of aromatic nitrogens is 1. The molecule has 0 unspecified atom stereocenters. The molecule has 0 atom stereocenters. The molecule has 1 fully saturated rings. The quantitative estimate of drug-likeness (QED) is 0.877. The maximum Gasteiger partial charge on any atom is 0.226 e. The molecule has 25 heavy (non-hydrogen) atoms. The van der Waals surface area contributed by atoms with Crippen LogP contribution in [0.2, 0.25) is 0 Å². The van der Waals surface area contributed by atoms with E-state index < -0.39 is 0 Å². The van der Waals surface area contributed by atoms with E-state index in [0.29, 0.717) is 18.9 Å². The van der Waals surface area contributed by atoms with Gasteiger partial charge >= 0.3 is 0 Å². The van der Waals surface area contributed by atoms with Crippen LogP contribution >= 0.6 is 0 Å². The summed E-state index contributed by atoms with van der Waals surface area (Å²) in [6, 6.07) is 11.5. The molecule has 1 aromatic heterocycles. The van der Waals surface area contributed by atoms with E-state index in [1.807, 2.05) is 41.3 Å². The molecule has 1 saturated heterocycles. The van der Waals surface area contributed by atoms with Gasteiger partial charge in [0.1, 0.15) is 12.4 Å². The fourth-order valence-electron chi connectivity index (χ4n) is 3.05. The molecule has 1 amide bonds. The number of carbonyl (C=O) groups is 1. The van der Waals surface area contributed by atoms with Crippen LogP contribution < -0.4 is 4.74 Å². The highest BCUT2D eigenvalue weighted by Crippen LogP contribution is 2.19. The zero-order valence-electron chi connectivity index (χ0n) is 14.3. The lowest BCUT2D eigenvalue weighted by atomic mass is 9.97. The van der Waals surface area contributed by atoms with Gasteiger partial charge in [0, 0.05) is 37.7 Å². The minimum Gasteiger partial charge on any atom is -0.489 e. The number of pyridine rings is 1. The predicted molar refractivity (Wildman–Crippen MR) is 95.1 cm³/mol. The molecule has 0 aliphatic carbocycles. The van der Waals surface area contributed by atoms with Crippen molar-refractivity contribution in [2.75, 3.05) is 19.7 Å². The molecular formula is C20H24N2O3. The van der Waals surface area contributed by atoms with Crippen LogP contribution in [-0.2, 0) is 17.8 Å². The fraction of sp³-hybridized carbons (Fsp3) is 0.400. The first-order valence-electron chi connectivity index (χ1n) is 8.74. The standard InChI is InChI=1S/C20H24N2O3/c23-14-16-6-9-22(10-7-16)20(24)12-17-3-1-5-19(11-17)25-15-18-4-2-8-21-13-18/h1-5,8,11,13,16,23H,6-7,9-10,12,14-15H2. The molecular weight excluding hydrogens is 316 g/mol. The third-order valence-corrected chi connectivity index (χ3v) is 4.61. The molecule has 2 heterocycles. The summed E-state index contributed by atoms with van der Waals surface area (Å²) >= 11 is 0. The maximum atomic E-state index is 12.5. The monoisotopic (exact) mass is 340 g/mol. The van der Waals surface area contributed by atoms with Crippen molar-refractivity contribution in [1.82, 2.24) is 9.88 Å². The van der Waals surface area contributed by atoms with Crippen LogP contribution in [0.3, 0.4) is 0 Å².